The molecule has 0 bridgehead atoms. The molecule has 0 atom stereocenters. The maximum Gasteiger partial charge on any atom is 0.197 e. The van der Waals surface area contributed by atoms with Crippen LogP contribution in [0, 0.1) is 0 Å². The fourth-order valence-corrected chi connectivity index (χ4v) is 2.79. The van der Waals surface area contributed by atoms with Gasteiger partial charge in [-0.05, 0) is 19.1 Å². The van der Waals surface area contributed by atoms with Gasteiger partial charge >= 0.3 is 0 Å². The van der Waals surface area contributed by atoms with Gasteiger partial charge in [0.25, 0.3) is 0 Å². The quantitative estimate of drug-likeness (QED) is 0.941. The highest BCUT2D eigenvalue weighted by Gasteiger charge is 2.18. The van der Waals surface area contributed by atoms with E-state index in [0.717, 1.165) is 31.9 Å². The van der Waals surface area contributed by atoms with Crippen molar-refractivity contribution in [3.8, 4) is 5.75 Å². The predicted molar refractivity (Wildman–Crippen MR) is 85.8 cm³/mol. The third-order valence-electron chi connectivity index (χ3n) is 4.14. The predicted octanol–water partition coefficient (Wildman–Crippen LogP) is 2.15. The number of phenols is 1. The zero-order chi connectivity index (χ0) is 15.7. The Morgan fingerprint density at radius 3 is 2.73 bits per heavy atom. The fraction of sp³-hybridized carbons (Fsp3) is 0.353. The second kappa shape index (κ2) is 5.85. The number of phenolic OH excluding ortho intramolecular Hbond substituents is 1. The molecule has 0 saturated carbocycles. The number of hydrogen-bond acceptors (Lipinski definition) is 5. The van der Waals surface area contributed by atoms with E-state index < -0.39 is 0 Å². The Morgan fingerprint density at radius 1 is 1.32 bits per heavy atom. The van der Waals surface area contributed by atoms with E-state index in [4.69, 9.17) is 4.42 Å². The molecule has 3 rings (SSSR count). The molecule has 0 amide bonds. The average molecular weight is 300 g/mol. The highest BCUT2D eigenvalue weighted by molar-refractivity contribution is 5.78. The number of nitrogens with zero attached hydrogens (tertiary/aromatic N) is 2. The van der Waals surface area contributed by atoms with Crippen molar-refractivity contribution in [2.24, 2.45) is 0 Å². The number of fused-ring (bicyclic) bond motifs is 1. The molecule has 1 fully saturated rings. The zero-order valence-electron chi connectivity index (χ0n) is 12.7. The molecule has 1 aliphatic heterocycles. The standard InChI is InChI=1S/C17H20N2O3/c1-12(2)19-7-5-18(6-8-19)10-13-11-22-16-9-14(20)3-4-15(16)17(13)21/h3-4,9,11,20H,1,5-8,10H2,2H3. The first kappa shape index (κ1) is 14.7. The highest BCUT2D eigenvalue weighted by Crippen LogP contribution is 2.18. The molecular formula is C17H20N2O3. The van der Waals surface area contributed by atoms with Crippen molar-refractivity contribution in [2.75, 3.05) is 26.2 Å². The smallest absolute Gasteiger partial charge is 0.197 e. The Bertz CT molecular complexity index is 758. The van der Waals surface area contributed by atoms with Gasteiger partial charge in [0.2, 0.25) is 0 Å². The lowest BCUT2D eigenvalue weighted by atomic mass is 10.1. The molecule has 1 aromatic carbocycles. The number of allylic oxidation sites excluding steroid dienone is 1. The maximum absolute atomic E-state index is 12.5. The van der Waals surface area contributed by atoms with Gasteiger partial charge in [-0.2, -0.15) is 0 Å². The lowest BCUT2D eigenvalue weighted by molar-refractivity contribution is 0.152. The van der Waals surface area contributed by atoms with E-state index in [-0.39, 0.29) is 11.2 Å². The fourth-order valence-electron chi connectivity index (χ4n) is 2.79. The lowest BCUT2D eigenvalue weighted by Gasteiger charge is -2.36. The van der Waals surface area contributed by atoms with E-state index >= 15 is 0 Å². The summed E-state index contributed by atoms with van der Waals surface area (Å²) < 4.78 is 5.49. The molecule has 22 heavy (non-hydrogen) atoms. The van der Waals surface area contributed by atoms with Gasteiger partial charge < -0.3 is 14.4 Å². The van der Waals surface area contributed by atoms with Gasteiger partial charge in [-0.3, -0.25) is 9.69 Å². The Kier molecular flexibility index (Phi) is 3.90. The molecular weight excluding hydrogens is 280 g/mol. The molecule has 0 spiro atoms. The minimum atomic E-state index is -0.0245. The van der Waals surface area contributed by atoms with Gasteiger partial charge in [0, 0.05) is 50.1 Å². The van der Waals surface area contributed by atoms with Gasteiger partial charge in [-0.1, -0.05) is 6.58 Å². The van der Waals surface area contributed by atoms with Crippen LogP contribution in [0.25, 0.3) is 11.0 Å². The maximum atomic E-state index is 12.5. The molecule has 1 aromatic heterocycles. The molecule has 1 aliphatic rings. The minimum Gasteiger partial charge on any atom is -0.508 e. The summed E-state index contributed by atoms with van der Waals surface area (Å²) in [5, 5.41) is 9.95. The summed E-state index contributed by atoms with van der Waals surface area (Å²) in [5.74, 6) is 0.0966. The number of benzene rings is 1. The zero-order valence-corrected chi connectivity index (χ0v) is 12.7. The molecule has 116 valence electrons. The van der Waals surface area contributed by atoms with E-state index in [1.54, 1.807) is 6.07 Å². The van der Waals surface area contributed by atoms with Crippen molar-refractivity contribution in [3.05, 3.63) is 52.5 Å². The van der Waals surface area contributed by atoms with Crippen LogP contribution in [-0.4, -0.2) is 41.1 Å². The molecule has 1 N–H and O–H groups in total. The van der Waals surface area contributed by atoms with Crippen molar-refractivity contribution >= 4 is 11.0 Å². The van der Waals surface area contributed by atoms with Crippen molar-refractivity contribution in [1.82, 2.24) is 9.80 Å². The van der Waals surface area contributed by atoms with Crippen LogP contribution >= 0.6 is 0 Å². The molecule has 2 heterocycles. The Balaban J connectivity index is 1.78. The summed E-state index contributed by atoms with van der Waals surface area (Å²) in [6.45, 7) is 10.2. The monoisotopic (exact) mass is 300 g/mol. The van der Waals surface area contributed by atoms with E-state index in [9.17, 15) is 9.90 Å². The highest BCUT2D eigenvalue weighted by atomic mass is 16.3. The Morgan fingerprint density at radius 2 is 2.05 bits per heavy atom. The number of aromatic hydroxyl groups is 1. The van der Waals surface area contributed by atoms with Crippen LogP contribution in [0.3, 0.4) is 0 Å². The normalized spacial score (nSPS) is 16.1. The summed E-state index contributed by atoms with van der Waals surface area (Å²) >= 11 is 0. The molecule has 2 aromatic rings. The second-order valence-electron chi connectivity index (χ2n) is 5.77. The molecule has 0 radical (unpaired) electrons. The van der Waals surface area contributed by atoms with Crippen LogP contribution in [0.1, 0.15) is 12.5 Å². The van der Waals surface area contributed by atoms with Crippen molar-refractivity contribution in [1.29, 1.82) is 0 Å². The first-order valence-electron chi connectivity index (χ1n) is 7.41. The first-order valence-corrected chi connectivity index (χ1v) is 7.41. The van der Waals surface area contributed by atoms with E-state index in [0.29, 0.717) is 23.1 Å². The van der Waals surface area contributed by atoms with E-state index in [1.165, 1.54) is 18.4 Å². The third kappa shape index (κ3) is 2.85. The molecule has 5 heteroatoms. The minimum absolute atomic E-state index is 0.0245. The summed E-state index contributed by atoms with van der Waals surface area (Å²) in [7, 11) is 0. The van der Waals surface area contributed by atoms with Gasteiger partial charge in [0.15, 0.2) is 5.43 Å². The summed E-state index contributed by atoms with van der Waals surface area (Å²) in [6.07, 6.45) is 1.51. The van der Waals surface area contributed by atoms with Crippen LogP contribution in [0.2, 0.25) is 0 Å². The van der Waals surface area contributed by atoms with Gasteiger partial charge in [-0.15, -0.1) is 0 Å². The molecule has 5 nitrogen and oxygen atoms in total. The Hall–Kier alpha value is -2.27. The van der Waals surface area contributed by atoms with Gasteiger partial charge in [-0.25, -0.2) is 0 Å². The largest absolute Gasteiger partial charge is 0.508 e. The van der Waals surface area contributed by atoms with Crippen molar-refractivity contribution in [2.45, 2.75) is 13.5 Å². The number of rotatable bonds is 3. The second-order valence-corrected chi connectivity index (χ2v) is 5.77. The van der Waals surface area contributed by atoms with Crippen LogP contribution in [-0.2, 0) is 6.54 Å². The molecule has 0 aliphatic carbocycles. The van der Waals surface area contributed by atoms with E-state index in [1.807, 2.05) is 6.92 Å². The third-order valence-corrected chi connectivity index (χ3v) is 4.14. The van der Waals surface area contributed by atoms with Gasteiger partial charge in [0.05, 0.1) is 11.6 Å². The molecule has 0 unspecified atom stereocenters. The first-order chi connectivity index (χ1) is 10.5. The average Bonchev–Trinajstić information content (AvgIpc) is 2.50. The van der Waals surface area contributed by atoms with Crippen LogP contribution in [0.5, 0.6) is 5.75 Å². The van der Waals surface area contributed by atoms with Gasteiger partial charge in [0.1, 0.15) is 11.3 Å². The number of hydrogen-bond donors (Lipinski definition) is 1. The summed E-state index contributed by atoms with van der Waals surface area (Å²) in [6, 6.07) is 4.58. The van der Waals surface area contributed by atoms with Crippen molar-refractivity contribution in [3.63, 3.8) is 0 Å². The van der Waals surface area contributed by atoms with E-state index in [2.05, 4.69) is 16.4 Å². The summed E-state index contributed by atoms with van der Waals surface area (Å²) in [4.78, 5) is 17.0. The summed E-state index contributed by atoms with van der Waals surface area (Å²) in [5.41, 5.74) is 2.14. The Labute approximate surface area is 129 Å². The van der Waals surface area contributed by atoms with Crippen LogP contribution in [0.15, 0.2) is 45.9 Å². The lowest BCUT2D eigenvalue weighted by Crippen LogP contribution is -2.45. The van der Waals surface area contributed by atoms with Crippen LogP contribution in [0.4, 0.5) is 0 Å². The van der Waals surface area contributed by atoms with Crippen molar-refractivity contribution < 1.29 is 9.52 Å². The molecule has 1 saturated heterocycles. The topological polar surface area (TPSA) is 56.9 Å². The number of piperazine rings is 1. The SMILES string of the molecule is C=C(C)N1CCN(Cc2coc3cc(O)ccc3c2=O)CC1. The van der Waals surface area contributed by atoms with Crippen LogP contribution < -0.4 is 5.43 Å².